The van der Waals surface area contributed by atoms with E-state index in [1.807, 2.05) is 24.3 Å². The molecule has 2 aliphatic rings. The van der Waals surface area contributed by atoms with Crippen molar-refractivity contribution in [1.82, 2.24) is 10.6 Å². The van der Waals surface area contributed by atoms with Crippen molar-refractivity contribution in [2.24, 2.45) is 11.8 Å². The molecule has 0 spiro atoms. The van der Waals surface area contributed by atoms with Crippen molar-refractivity contribution < 1.29 is 4.79 Å². The Kier molecular flexibility index (Phi) is 6.13. The number of nitrogens with one attached hydrogen (secondary N) is 2. The summed E-state index contributed by atoms with van der Waals surface area (Å²) in [4.78, 5) is 12.3. The third-order valence-corrected chi connectivity index (χ3v) is 4.99. The van der Waals surface area contributed by atoms with E-state index in [0.717, 1.165) is 18.0 Å². The molecular weight excluding hydrogens is 319 g/mol. The van der Waals surface area contributed by atoms with Crippen molar-refractivity contribution in [1.29, 1.82) is 0 Å². The van der Waals surface area contributed by atoms with Gasteiger partial charge in [-0.1, -0.05) is 30.7 Å². The van der Waals surface area contributed by atoms with Gasteiger partial charge in [-0.2, -0.15) is 0 Å². The number of benzene rings is 1. The summed E-state index contributed by atoms with van der Waals surface area (Å²) < 4.78 is 0. The summed E-state index contributed by atoms with van der Waals surface area (Å²) in [6, 6.07) is 8.36. The summed E-state index contributed by atoms with van der Waals surface area (Å²) in [6.45, 7) is 3.29. The topological polar surface area (TPSA) is 41.1 Å². The molecule has 0 aromatic heterocycles. The minimum Gasteiger partial charge on any atom is -0.349 e. The van der Waals surface area contributed by atoms with Crippen LogP contribution < -0.4 is 10.6 Å². The van der Waals surface area contributed by atoms with Crippen LogP contribution in [0.4, 0.5) is 0 Å². The molecule has 3 rings (SSSR count). The fourth-order valence-corrected chi connectivity index (χ4v) is 3.44. The Morgan fingerprint density at radius 3 is 2.64 bits per heavy atom. The van der Waals surface area contributed by atoms with Gasteiger partial charge in [-0.15, -0.1) is 12.4 Å². The highest BCUT2D eigenvalue weighted by Gasteiger charge is 2.41. The van der Waals surface area contributed by atoms with Crippen molar-refractivity contribution in [2.45, 2.75) is 44.7 Å². The number of halogens is 2. The number of hydrogen-bond acceptors (Lipinski definition) is 2. The molecule has 122 valence electrons. The van der Waals surface area contributed by atoms with Gasteiger partial charge < -0.3 is 10.6 Å². The lowest BCUT2D eigenvalue weighted by Gasteiger charge is -2.21. The molecule has 1 aliphatic heterocycles. The van der Waals surface area contributed by atoms with E-state index in [4.69, 9.17) is 11.6 Å². The van der Waals surface area contributed by atoms with Crippen LogP contribution in [0.15, 0.2) is 24.3 Å². The second-order valence-corrected chi connectivity index (χ2v) is 6.91. The van der Waals surface area contributed by atoms with Gasteiger partial charge in [0.2, 0.25) is 5.91 Å². The maximum Gasteiger partial charge on any atom is 0.222 e. The average Bonchev–Trinajstić information content (AvgIpc) is 2.96. The number of amides is 1. The first-order chi connectivity index (χ1) is 10.1. The van der Waals surface area contributed by atoms with Crippen LogP contribution in [0, 0.1) is 11.8 Å². The third-order valence-electron chi connectivity index (χ3n) is 4.74. The standard InChI is InChI=1S/C17H23ClN2O.ClH/c1-11-9-15(11)17(12-4-6-13(18)7-5-12)20-16(21)10-14-3-2-8-19-14;/h4-7,11,14-15,17,19H,2-3,8-10H2,1H3,(H,20,21);1H. The van der Waals surface area contributed by atoms with Crippen molar-refractivity contribution in [3.05, 3.63) is 34.9 Å². The van der Waals surface area contributed by atoms with Crippen molar-refractivity contribution >= 4 is 29.9 Å². The van der Waals surface area contributed by atoms with Crippen LogP contribution in [0.1, 0.15) is 44.2 Å². The zero-order valence-corrected chi connectivity index (χ0v) is 14.4. The highest BCUT2D eigenvalue weighted by Crippen LogP contribution is 2.47. The summed E-state index contributed by atoms with van der Waals surface area (Å²) in [7, 11) is 0. The number of hydrogen-bond donors (Lipinski definition) is 2. The third kappa shape index (κ3) is 4.37. The van der Waals surface area contributed by atoms with E-state index in [0.29, 0.717) is 24.3 Å². The van der Waals surface area contributed by atoms with Gasteiger partial charge in [-0.25, -0.2) is 0 Å². The molecule has 22 heavy (non-hydrogen) atoms. The van der Waals surface area contributed by atoms with Gasteiger partial charge in [0, 0.05) is 17.5 Å². The molecule has 1 aromatic rings. The van der Waals surface area contributed by atoms with Crippen LogP contribution in [0.5, 0.6) is 0 Å². The zero-order valence-electron chi connectivity index (χ0n) is 12.8. The van der Waals surface area contributed by atoms with E-state index in [1.54, 1.807) is 0 Å². The van der Waals surface area contributed by atoms with E-state index in [-0.39, 0.29) is 24.4 Å². The van der Waals surface area contributed by atoms with E-state index in [2.05, 4.69) is 17.6 Å². The Morgan fingerprint density at radius 1 is 1.41 bits per heavy atom. The van der Waals surface area contributed by atoms with Crippen LogP contribution in [0.3, 0.4) is 0 Å². The van der Waals surface area contributed by atoms with E-state index >= 15 is 0 Å². The molecule has 1 aromatic carbocycles. The van der Waals surface area contributed by atoms with Crippen molar-refractivity contribution in [2.75, 3.05) is 6.54 Å². The lowest BCUT2D eigenvalue weighted by Crippen LogP contribution is -2.35. The van der Waals surface area contributed by atoms with Gasteiger partial charge in [0.05, 0.1) is 6.04 Å². The summed E-state index contributed by atoms with van der Waals surface area (Å²) >= 11 is 5.96. The van der Waals surface area contributed by atoms with Crippen LogP contribution in [0.25, 0.3) is 0 Å². The Morgan fingerprint density at radius 2 is 2.09 bits per heavy atom. The predicted octanol–water partition coefficient (Wildman–Crippen LogP) is 3.72. The lowest BCUT2D eigenvalue weighted by molar-refractivity contribution is -0.122. The zero-order chi connectivity index (χ0) is 14.8. The molecule has 1 amide bonds. The second kappa shape index (κ2) is 7.67. The lowest BCUT2D eigenvalue weighted by atomic mass is 10.0. The molecule has 4 unspecified atom stereocenters. The summed E-state index contributed by atoms with van der Waals surface area (Å²) in [6.07, 6.45) is 4.07. The first kappa shape index (κ1) is 17.6. The fraction of sp³-hybridized carbons (Fsp3) is 0.588. The molecule has 1 saturated carbocycles. The average molecular weight is 343 g/mol. The summed E-state index contributed by atoms with van der Waals surface area (Å²) in [5, 5.41) is 7.37. The van der Waals surface area contributed by atoms with Crippen LogP contribution in [-0.4, -0.2) is 18.5 Å². The highest BCUT2D eigenvalue weighted by atomic mass is 35.5. The van der Waals surface area contributed by atoms with Crippen LogP contribution in [0.2, 0.25) is 5.02 Å². The SMILES string of the molecule is CC1CC1C(NC(=O)CC1CCCN1)c1ccc(Cl)cc1.Cl. The van der Waals surface area contributed by atoms with Crippen molar-refractivity contribution in [3.63, 3.8) is 0 Å². The first-order valence-corrected chi connectivity index (χ1v) is 8.29. The second-order valence-electron chi connectivity index (χ2n) is 6.47. The van der Waals surface area contributed by atoms with Crippen molar-refractivity contribution in [3.8, 4) is 0 Å². The molecule has 4 atom stereocenters. The normalized spacial score (nSPS) is 27.8. The van der Waals surface area contributed by atoms with Crippen LogP contribution in [-0.2, 0) is 4.79 Å². The van der Waals surface area contributed by atoms with Gasteiger partial charge in [-0.3, -0.25) is 4.79 Å². The maximum atomic E-state index is 12.3. The van der Waals surface area contributed by atoms with Gasteiger partial charge in [0.15, 0.2) is 0 Å². The quantitative estimate of drug-likeness (QED) is 0.856. The molecule has 2 N–H and O–H groups in total. The van der Waals surface area contributed by atoms with E-state index in [9.17, 15) is 4.79 Å². The molecule has 1 heterocycles. The Balaban J connectivity index is 0.00000176. The maximum absolute atomic E-state index is 12.3. The largest absolute Gasteiger partial charge is 0.349 e. The molecule has 2 fully saturated rings. The smallest absolute Gasteiger partial charge is 0.222 e. The number of rotatable bonds is 5. The number of carbonyl (C=O) groups excluding carboxylic acids is 1. The minimum absolute atomic E-state index is 0. The minimum atomic E-state index is 0. The van der Waals surface area contributed by atoms with E-state index in [1.165, 1.54) is 18.4 Å². The fourth-order valence-electron chi connectivity index (χ4n) is 3.31. The molecule has 1 saturated heterocycles. The Bertz CT molecular complexity index is 500. The molecule has 0 radical (unpaired) electrons. The molecule has 5 heteroatoms. The monoisotopic (exact) mass is 342 g/mol. The van der Waals surface area contributed by atoms with E-state index < -0.39 is 0 Å². The Labute approximate surface area is 143 Å². The molecule has 3 nitrogen and oxygen atoms in total. The summed E-state index contributed by atoms with van der Waals surface area (Å²) in [5.74, 6) is 1.41. The first-order valence-electron chi connectivity index (χ1n) is 7.91. The van der Waals surface area contributed by atoms with Gasteiger partial charge in [-0.05, 0) is 55.3 Å². The predicted molar refractivity (Wildman–Crippen MR) is 92.5 cm³/mol. The van der Waals surface area contributed by atoms with Gasteiger partial charge in [0.25, 0.3) is 0 Å². The molecule has 1 aliphatic carbocycles. The number of carbonyl (C=O) groups is 1. The van der Waals surface area contributed by atoms with Crippen LogP contribution >= 0.6 is 24.0 Å². The molecular formula is C17H24Cl2N2O. The van der Waals surface area contributed by atoms with Gasteiger partial charge in [0.1, 0.15) is 0 Å². The molecule has 0 bridgehead atoms. The highest BCUT2D eigenvalue weighted by molar-refractivity contribution is 6.30. The summed E-state index contributed by atoms with van der Waals surface area (Å²) in [5.41, 5.74) is 1.17. The Hall–Kier alpha value is -0.770. The van der Waals surface area contributed by atoms with Gasteiger partial charge >= 0.3 is 0 Å².